The predicted octanol–water partition coefficient (Wildman–Crippen LogP) is 4.05. The summed E-state index contributed by atoms with van der Waals surface area (Å²) in [6.07, 6.45) is 0. The maximum Gasteiger partial charge on any atom is 0.0219 e. The predicted molar refractivity (Wildman–Crippen MR) is 69.4 cm³/mol. The summed E-state index contributed by atoms with van der Waals surface area (Å²) in [6, 6.07) is 12.8. The molecule has 2 aromatic carbocycles. The van der Waals surface area contributed by atoms with Gasteiger partial charge < -0.3 is 0 Å². The zero-order valence-electron chi connectivity index (χ0n) is 6.22. The van der Waals surface area contributed by atoms with Crippen LogP contribution < -0.4 is 0 Å². The van der Waals surface area contributed by atoms with Gasteiger partial charge in [0.2, 0.25) is 0 Å². The SMILES string of the molecule is Ic1cccc2cccc(I)c12. The van der Waals surface area contributed by atoms with Crippen molar-refractivity contribution >= 4 is 56.0 Å². The molecule has 2 heteroatoms. The molecule has 60 valence electrons. The average Bonchev–Trinajstić information content (AvgIpc) is 2.04. The van der Waals surface area contributed by atoms with Gasteiger partial charge in [-0.1, -0.05) is 24.3 Å². The summed E-state index contributed by atoms with van der Waals surface area (Å²) in [5.74, 6) is 0. The largest absolute Gasteiger partial charge is 0.0606 e. The highest BCUT2D eigenvalue weighted by molar-refractivity contribution is 14.1. The molecule has 0 unspecified atom stereocenters. The minimum Gasteiger partial charge on any atom is -0.0606 e. The van der Waals surface area contributed by atoms with Crippen LogP contribution in [0.5, 0.6) is 0 Å². The quantitative estimate of drug-likeness (QED) is 0.606. The van der Waals surface area contributed by atoms with Crippen LogP contribution in [0.15, 0.2) is 36.4 Å². The van der Waals surface area contributed by atoms with Gasteiger partial charge in [-0.05, 0) is 62.7 Å². The number of halogens is 2. The minimum atomic E-state index is 1.33. The molecular weight excluding hydrogens is 374 g/mol. The molecule has 0 aliphatic carbocycles. The second-order valence-corrected chi connectivity index (χ2v) is 4.90. The first kappa shape index (κ1) is 8.74. The fourth-order valence-corrected chi connectivity index (χ4v) is 3.39. The van der Waals surface area contributed by atoms with Crippen molar-refractivity contribution in [3.63, 3.8) is 0 Å². The Labute approximate surface area is 98.6 Å². The Morgan fingerprint density at radius 3 is 1.67 bits per heavy atom. The van der Waals surface area contributed by atoms with Crippen molar-refractivity contribution < 1.29 is 0 Å². The lowest BCUT2D eigenvalue weighted by atomic mass is 10.1. The lowest BCUT2D eigenvalue weighted by molar-refractivity contribution is 1.67. The summed E-state index contributed by atoms with van der Waals surface area (Å²) in [4.78, 5) is 0. The van der Waals surface area contributed by atoms with Gasteiger partial charge >= 0.3 is 0 Å². The third-order valence-electron chi connectivity index (χ3n) is 1.80. The van der Waals surface area contributed by atoms with Gasteiger partial charge in [0.25, 0.3) is 0 Å². The monoisotopic (exact) mass is 380 g/mol. The summed E-state index contributed by atoms with van der Waals surface area (Å²) in [6.45, 7) is 0. The van der Waals surface area contributed by atoms with Crippen molar-refractivity contribution in [3.8, 4) is 0 Å². The molecule has 0 saturated heterocycles. The van der Waals surface area contributed by atoms with Crippen molar-refractivity contribution in [1.82, 2.24) is 0 Å². The number of hydrogen-bond donors (Lipinski definition) is 0. The summed E-state index contributed by atoms with van der Waals surface area (Å²) in [5.41, 5.74) is 0. The Kier molecular flexibility index (Phi) is 2.55. The molecule has 0 N–H and O–H groups in total. The molecule has 0 spiro atoms. The van der Waals surface area contributed by atoms with Crippen molar-refractivity contribution in [2.75, 3.05) is 0 Å². The van der Waals surface area contributed by atoms with Crippen LogP contribution in [0.4, 0.5) is 0 Å². The van der Waals surface area contributed by atoms with E-state index in [0.717, 1.165) is 0 Å². The molecule has 0 bridgehead atoms. The van der Waals surface area contributed by atoms with Gasteiger partial charge in [-0.25, -0.2) is 0 Å². The highest BCUT2D eigenvalue weighted by atomic mass is 127. The van der Waals surface area contributed by atoms with Gasteiger partial charge in [-0.15, -0.1) is 0 Å². The van der Waals surface area contributed by atoms with Crippen LogP contribution in [-0.2, 0) is 0 Å². The molecule has 2 rings (SSSR count). The Balaban J connectivity index is 2.96. The smallest absolute Gasteiger partial charge is 0.0219 e. The Hall–Kier alpha value is 0.160. The molecule has 0 aliphatic heterocycles. The lowest BCUT2D eigenvalue weighted by Crippen LogP contribution is -1.80. The van der Waals surface area contributed by atoms with Gasteiger partial charge in [-0.3, -0.25) is 0 Å². The second kappa shape index (κ2) is 3.49. The van der Waals surface area contributed by atoms with E-state index in [4.69, 9.17) is 0 Å². The molecule has 0 radical (unpaired) electrons. The molecule has 0 aliphatic rings. The van der Waals surface area contributed by atoms with E-state index in [2.05, 4.69) is 81.6 Å². The van der Waals surface area contributed by atoms with Crippen LogP contribution in [0.1, 0.15) is 0 Å². The molecule has 0 heterocycles. The summed E-state index contributed by atoms with van der Waals surface area (Å²) >= 11 is 4.76. The van der Waals surface area contributed by atoms with Crippen LogP contribution in [0.25, 0.3) is 10.8 Å². The van der Waals surface area contributed by atoms with E-state index in [9.17, 15) is 0 Å². The van der Waals surface area contributed by atoms with Gasteiger partial charge in [0, 0.05) is 12.5 Å². The van der Waals surface area contributed by atoms with E-state index >= 15 is 0 Å². The van der Waals surface area contributed by atoms with E-state index in [-0.39, 0.29) is 0 Å². The van der Waals surface area contributed by atoms with Crippen LogP contribution in [0, 0.1) is 7.14 Å². The second-order valence-electron chi connectivity index (χ2n) is 2.58. The third kappa shape index (κ3) is 1.46. The molecule has 0 aromatic heterocycles. The van der Waals surface area contributed by atoms with Crippen molar-refractivity contribution in [2.24, 2.45) is 0 Å². The molecule has 12 heavy (non-hydrogen) atoms. The average molecular weight is 380 g/mol. The molecule has 0 nitrogen and oxygen atoms in total. The maximum atomic E-state index is 2.38. The summed E-state index contributed by atoms with van der Waals surface area (Å²) in [7, 11) is 0. The van der Waals surface area contributed by atoms with Gasteiger partial charge in [0.05, 0.1) is 0 Å². The van der Waals surface area contributed by atoms with Gasteiger partial charge in [0.15, 0.2) is 0 Å². The number of fused-ring (bicyclic) bond motifs is 1. The highest BCUT2D eigenvalue weighted by Gasteiger charge is 2.00. The van der Waals surface area contributed by atoms with Crippen molar-refractivity contribution in [1.29, 1.82) is 0 Å². The Morgan fingerprint density at radius 2 is 1.25 bits per heavy atom. The molecular formula is C10H6I2. The van der Waals surface area contributed by atoms with E-state index in [1.54, 1.807) is 0 Å². The normalized spacial score (nSPS) is 10.5. The van der Waals surface area contributed by atoms with Crippen molar-refractivity contribution in [2.45, 2.75) is 0 Å². The topological polar surface area (TPSA) is 0 Å². The van der Waals surface area contributed by atoms with E-state index < -0.39 is 0 Å². The van der Waals surface area contributed by atoms with E-state index in [1.807, 2.05) is 0 Å². The fraction of sp³-hybridized carbons (Fsp3) is 0. The van der Waals surface area contributed by atoms with Gasteiger partial charge in [-0.2, -0.15) is 0 Å². The van der Waals surface area contributed by atoms with Crippen molar-refractivity contribution in [3.05, 3.63) is 43.5 Å². The minimum absolute atomic E-state index is 1.33. The summed E-state index contributed by atoms with van der Waals surface area (Å²) in [5, 5.41) is 2.70. The standard InChI is InChI=1S/C10H6I2/c11-8-5-1-3-7-4-2-6-9(12)10(7)8/h1-6H. The Bertz CT molecular complexity index is 384. The third-order valence-corrected chi connectivity index (χ3v) is 3.60. The van der Waals surface area contributed by atoms with Crippen LogP contribution in [0.3, 0.4) is 0 Å². The van der Waals surface area contributed by atoms with E-state index in [1.165, 1.54) is 17.9 Å². The molecule has 0 amide bonds. The maximum absolute atomic E-state index is 2.38. The number of benzene rings is 2. The Morgan fingerprint density at radius 1 is 0.750 bits per heavy atom. The lowest BCUT2D eigenvalue weighted by Gasteiger charge is -2.01. The van der Waals surface area contributed by atoms with E-state index in [0.29, 0.717) is 0 Å². The van der Waals surface area contributed by atoms with Crippen LogP contribution >= 0.6 is 45.2 Å². The molecule has 2 aromatic rings. The first-order chi connectivity index (χ1) is 5.79. The zero-order valence-corrected chi connectivity index (χ0v) is 10.5. The first-order valence-electron chi connectivity index (χ1n) is 3.62. The molecule has 0 fully saturated rings. The number of rotatable bonds is 0. The highest BCUT2D eigenvalue weighted by Crippen LogP contribution is 2.25. The summed E-state index contributed by atoms with van der Waals surface area (Å²) < 4.78 is 2.66. The first-order valence-corrected chi connectivity index (χ1v) is 5.77. The molecule has 0 atom stereocenters. The zero-order chi connectivity index (χ0) is 8.55. The fourth-order valence-electron chi connectivity index (χ4n) is 1.25. The number of hydrogen-bond acceptors (Lipinski definition) is 0. The van der Waals surface area contributed by atoms with Crippen LogP contribution in [-0.4, -0.2) is 0 Å². The molecule has 0 saturated carbocycles. The van der Waals surface area contributed by atoms with Crippen LogP contribution in [0.2, 0.25) is 0 Å². The van der Waals surface area contributed by atoms with Gasteiger partial charge in [0.1, 0.15) is 0 Å².